The molecular formula is C14H17NO4. The van der Waals surface area contributed by atoms with Crippen molar-refractivity contribution in [2.45, 2.75) is 32.7 Å². The van der Waals surface area contributed by atoms with Crippen molar-refractivity contribution < 1.29 is 19.5 Å². The highest BCUT2D eigenvalue weighted by Gasteiger charge is 2.14. The molecule has 0 aliphatic heterocycles. The van der Waals surface area contributed by atoms with Gasteiger partial charge in [-0.15, -0.1) is 0 Å². The third kappa shape index (κ3) is 4.54. The SMILES string of the molecule is Cc1ccc(C(=O)NC(C=O)CCC(=O)O)cc1C. The minimum atomic E-state index is -0.993. The summed E-state index contributed by atoms with van der Waals surface area (Å²) in [6.45, 7) is 3.84. The fourth-order valence-corrected chi connectivity index (χ4v) is 1.59. The molecular weight excluding hydrogens is 246 g/mol. The molecule has 1 atom stereocenters. The largest absolute Gasteiger partial charge is 0.481 e. The third-order valence-electron chi connectivity index (χ3n) is 2.92. The van der Waals surface area contributed by atoms with Crippen LogP contribution in [0.4, 0.5) is 0 Å². The number of aliphatic carboxylic acids is 1. The van der Waals surface area contributed by atoms with Gasteiger partial charge >= 0.3 is 5.97 Å². The Hall–Kier alpha value is -2.17. The van der Waals surface area contributed by atoms with Crippen LogP contribution in [-0.4, -0.2) is 29.3 Å². The molecule has 0 aliphatic carbocycles. The van der Waals surface area contributed by atoms with E-state index < -0.39 is 12.0 Å². The fourth-order valence-electron chi connectivity index (χ4n) is 1.59. The van der Waals surface area contributed by atoms with Crippen LogP contribution in [0.5, 0.6) is 0 Å². The molecule has 0 saturated carbocycles. The zero-order valence-electron chi connectivity index (χ0n) is 11.0. The molecule has 5 heteroatoms. The maximum Gasteiger partial charge on any atom is 0.303 e. The second kappa shape index (κ2) is 6.68. The molecule has 1 amide bonds. The van der Waals surface area contributed by atoms with Gasteiger partial charge in [0.15, 0.2) is 0 Å². The van der Waals surface area contributed by atoms with Gasteiger partial charge in [-0.3, -0.25) is 9.59 Å². The van der Waals surface area contributed by atoms with Crippen LogP contribution < -0.4 is 5.32 Å². The van der Waals surface area contributed by atoms with Gasteiger partial charge in [-0.05, 0) is 43.5 Å². The third-order valence-corrected chi connectivity index (χ3v) is 2.92. The highest BCUT2D eigenvalue weighted by molar-refractivity contribution is 5.95. The van der Waals surface area contributed by atoms with Crippen LogP contribution in [-0.2, 0) is 9.59 Å². The van der Waals surface area contributed by atoms with Crippen molar-refractivity contribution in [3.63, 3.8) is 0 Å². The number of carboxylic acids is 1. The average molecular weight is 263 g/mol. The highest BCUT2D eigenvalue weighted by atomic mass is 16.4. The van der Waals surface area contributed by atoms with Crippen molar-refractivity contribution in [1.82, 2.24) is 5.32 Å². The molecule has 0 radical (unpaired) electrons. The lowest BCUT2D eigenvalue weighted by Crippen LogP contribution is -2.36. The number of aryl methyl sites for hydroxylation is 2. The van der Waals surface area contributed by atoms with Crippen LogP contribution in [0.2, 0.25) is 0 Å². The van der Waals surface area contributed by atoms with E-state index in [-0.39, 0.29) is 18.7 Å². The molecule has 0 saturated heterocycles. The minimum Gasteiger partial charge on any atom is -0.481 e. The summed E-state index contributed by atoms with van der Waals surface area (Å²) in [5.74, 6) is -1.36. The Kier molecular flexibility index (Phi) is 5.23. The second-order valence-corrected chi connectivity index (χ2v) is 4.45. The van der Waals surface area contributed by atoms with Crippen LogP contribution in [0.25, 0.3) is 0 Å². The summed E-state index contributed by atoms with van der Waals surface area (Å²) in [6.07, 6.45) is 0.494. The Morgan fingerprint density at radius 2 is 2.00 bits per heavy atom. The topological polar surface area (TPSA) is 83.5 Å². The lowest BCUT2D eigenvalue weighted by Gasteiger charge is -2.12. The number of rotatable bonds is 6. The number of aldehydes is 1. The Morgan fingerprint density at radius 1 is 1.32 bits per heavy atom. The molecule has 5 nitrogen and oxygen atoms in total. The number of carbonyl (C=O) groups excluding carboxylic acids is 2. The standard InChI is InChI=1S/C14H17NO4/c1-9-3-4-11(7-10(9)2)14(19)15-12(8-16)5-6-13(17)18/h3-4,7-8,12H,5-6H2,1-2H3,(H,15,19)(H,17,18). The Morgan fingerprint density at radius 3 is 2.53 bits per heavy atom. The van der Waals surface area contributed by atoms with Crippen molar-refractivity contribution in [2.75, 3.05) is 0 Å². The molecule has 1 aromatic rings. The van der Waals surface area contributed by atoms with Crippen molar-refractivity contribution in [3.8, 4) is 0 Å². The van der Waals surface area contributed by atoms with E-state index in [1.165, 1.54) is 0 Å². The van der Waals surface area contributed by atoms with Gasteiger partial charge in [0.05, 0.1) is 6.04 Å². The summed E-state index contributed by atoms with van der Waals surface area (Å²) in [4.78, 5) is 33.1. The van der Waals surface area contributed by atoms with E-state index in [2.05, 4.69) is 5.32 Å². The van der Waals surface area contributed by atoms with E-state index in [0.717, 1.165) is 11.1 Å². The maximum absolute atomic E-state index is 11.9. The van der Waals surface area contributed by atoms with Crippen LogP contribution in [0, 0.1) is 13.8 Å². The van der Waals surface area contributed by atoms with Gasteiger partial charge in [0.2, 0.25) is 0 Å². The van der Waals surface area contributed by atoms with Gasteiger partial charge in [-0.2, -0.15) is 0 Å². The number of benzene rings is 1. The van der Waals surface area contributed by atoms with E-state index in [0.29, 0.717) is 11.8 Å². The lowest BCUT2D eigenvalue weighted by atomic mass is 10.1. The van der Waals surface area contributed by atoms with Gasteiger partial charge in [0.1, 0.15) is 6.29 Å². The smallest absolute Gasteiger partial charge is 0.303 e. The van der Waals surface area contributed by atoms with Crippen molar-refractivity contribution in [1.29, 1.82) is 0 Å². The minimum absolute atomic E-state index is 0.0927. The van der Waals surface area contributed by atoms with E-state index in [1.807, 2.05) is 19.9 Å². The number of carbonyl (C=O) groups is 3. The Labute approximate surface area is 111 Å². The summed E-state index contributed by atoms with van der Waals surface area (Å²) in [5.41, 5.74) is 2.53. The summed E-state index contributed by atoms with van der Waals surface area (Å²) in [6, 6.07) is 4.47. The zero-order valence-corrected chi connectivity index (χ0v) is 11.0. The van der Waals surface area contributed by atoms with E-state index in [9.17, 15) is 14.4 Å². The summed E-state index contributed by atoms with van der Waals surface area (Å²) < 4.78 is 0. The molecule has 0 bridgehead atoms. The number of hydrogen-bond acceptors (Lipinski definition) is 3. The van der Waals surface area contributed by atoms with Gasteiger partial charge in [0, 0.05) is 12.0 Å². The first-order valence-electron chi connectivity index (χ1n) is 5.99. The van der Waals surface area contributed by atoms with Gasteiger partial charge in [0.25, 0.3) is 5.91 Å². The number of nitrogens with one attached hydrogen (secondary N) is 1. The zero-order chi connectivity index (χ0) is 14.4. The first-order chi connectivity index (χ1) is 8.93. The molecule has 1 rings (SSSR count). The molecule has 19 heavy (non-hydrogen) atoms. The fraction of sp³-hybridized carbons (Fsp3) is 0.357. The predicted molar refractivity (Wildman–Crippen MR) is 70.1 cm³/mol. The molecule has 1 aromatic carbocycles. The Bertz CT molecular complexity index is 496. The van der Waals surface area contributed by atoms with Crippen molar-refractivity contribution in [2.24, 2.45) is 0 Å². The summed E-state index contributed by atoms with van der Waals surface area (Å²) in [7, 11) is 0. The van der Waals surface area contributed by atoms with E-state index in [4.69, 9.17) is 5.11 Å². The van der Waals surface area contributed by atoms with Crippen molar-refractivity contribution in [3.05, 3.63) is 34.9 Å². The summed E-state index contributed by atoms with van der Waals surface area (Å²) >= 11 is 0. The van der Waals surface area contributed by atoms with E-state index >= 15 is 0 Å². The molecule has 2 N–H and O–H groups in total. The Balaban J connectivity index is 2.68. The number of carboxylic acid groups (broad SMARTS) is 1. The summed E-state index contributed by atoms with van der Waals surface area (Å²) in [5, 5.41) is 11.1. The average Bonchev–Trinajstić information content (AvgIpc) is 2.37. The molecule has 0 heterocycles. The van der Waals surface area contributed by atoms with Crippen molar-refractivity contribution >= 4 is 18.2 Å². The quantitative estimate of drug-likeness (QED) is 0.761. The van der Waals surface area contributed by atoms with E-state index in [1.54, 1.807) is 12.1 Å². The molecule has 0 spiro atoms. The molecule has 102 valence electrons. The maximum atomic E-state index is 11.9. The van der Waals surface area contributed by atoms with Gasteiger partial charge in [-0.25, -0.2) is 0 Å². The highest BCUT2D eigenvalue weighted by Crippen LogP contribution is 2.10. The monoisotopic (exact) mass is 263 g/mol. The molecule has 1 unspecified atom stereocenters. The predicted octanol–water partition coefficient (Wildman–Crippen LogP) is 1.47. The first kappa shape index (κ1) is 14.9. The lowest BCUT2D eigenvalue weighted by molar-refractivity contribution is -0.137. The number of hydrogen-bond donors (Lipinski definition) is 2. The number of amides is 1. The van der Waals surface area contributed by atoms with Gasteiger partial charge in [-0.1, -0.05) is 6.07 Å². The van der Waals surface area contributed by atoms with Crippen LogP contribution >= 0.6 is 0 Å². The molecule has 0 aromatic heterocycles. The molecule has 0 aliphatic rings. The van der Waals surface area contributed by atoms with Crippen LogP contribution in [0.1, 0.15) is 34.3 Å². The van der Waals surface area contributed by atoms with Crippen LogP contribution in [0.15, 0.2) is 18.2 Å². The van der Waals surface area contributed by atoms with Gasteiger partial charge < -0.3 is 15.2 Å². The van der Waals surface area contributed by atoms with Crippen LogP contribution in [0.3, 0.4) is 0 Å². The molecule has 0 fully saturated rings. The normalized spacial score (nSPS) is 11.7. The first-order valence-corrected chi connectivity index (χ1v) is 5.99. The second-order valence-electron chi connectivity index (χ2n) is 4.45.